The summed E-state index contributed by atoms with van der Waals surface area (Å²) < 4.78 is 5.18. The third kappa shape index (κ3) is 6.47. The second kappa shape index (κ2) is 9.74. The standard InChI is InChI=1S/C13H20N2O2.ClH/c1-15(10-6-5-9-14)13(16)17-11-12-7-3-2-4-8-12;/h2-4,7-8H,5-6,9-11,14H2,1H3;1H. The summed E-state index contributed by atoms with van der Waals surface area (Å²) in [6, 6.07) is 9.65. The van der Waals surface area contributed by atoms with Crippen LogP contribution in [0.15, 0.2) is 30.3 Å². The van der Waals surface area contributed by atoms with E-state index in [1.807, 2.05) is 30.3 Å². The number of hydrogen-bond acceptors (Lipinski definition) is 3. The van der Waals surface area contributed by atoms with Crippen LogP contribution in [0, 0.1) is 0 Å². The molecule has 0 fully saturated rings. The Morgan fingerprint density at radius 1 is 1.28 bits per heavy atom. The topological polar surface area (TPSA) is 55.6 Å². The fraction of sp³-hybridized carbons (Fsp3) is 0.462. The van der Waals surface area contributed by atoms with E-state index in [9.17, 15) is 4.79 Å². The number of benzene rings is 1. The summed E-state index contributed by atoms with van der Waals surface area (Å²) in [5, 5.41) is 0. The summed E-state index contributed by atoms with van der Waals surface area (Å²) >= 11 is 0. The number of hydrogen-bond donors (Lipinski definition) is 1. The molecule has 4 nitrogen and oxygen atoms in total. The zero-order chi connectivity index (χ0) is 12.5. The monoisotopic (exact) mass is 272 g/mol. The first-order valence-electron chi connectivity index (χ1n) is 5.86. The highest BCUT2D eigenvalue weighted by atomic mass is 35.5. The molecule has 0 radical (unpaired) electrons. The summed E-state index contributed by atoms with van der Waals surface area (Å²) in [4.78, 5) is 13.2. The van der Waals surface area contributed by atoms with E-state index < -0.39 is 0 Å². The van der Waals surface area contributed by atoms with Gasteiger partial charge in [0.2, 0.25) is 0 Å². The minimum atomic E-state index is -0.286. The minimum Gasteiger partial charge on any atom is -0.445 e. The number of nitrogens with two attached hydrogens (primary N) is 1. The molecule has 1 aromatic rings. The van der Waals surface area contributed by atoms with Crippen LogP contribution in [0.4, 0.5) is 4.79 Å². The van der Waals surface area contributed by atoms with Gasteiger partial charge in [0, 0.05) is 13.6 Å². The molecular weight excluding hydrogens is 252 g/mol. The quantitative estimate of drug-likeness (QED) is 0.809. The van der Waals surface area contributed by atoms with Crippen molar-refractivity contribution in [3.63, 3.8) is 0 Å². The predicted molar refractivity (Wildman–Crippen MR) is 74.8 cm³/mol. The molecular formula is C13H21ClN2O2. The molecule has 1 rings (SSSR count). The largest absolute Gasteiger partial charge is 0.445 e. The predicted octanol–water partition coefficient (Wildman–Crippen LogP) is 2.42. The van der Waals surface area contributed by atoms with Crippen LogP contribution in [0.25, 0.3) is 0 Å². The number of nitrogens with zero attached hydrogens (tertiary/aromatic N) is 1. The first-order valence-corrected chi connectivity index (χ1v) is 5.86. The maximum atomic E-state index is 11.6. The number of unbranched alkanes of at least 4 members (excludes halogenated alkanes) is 1. The van der Waals surface area contributed by atoms with Crippen molar-refractivity contribution in [2.24, 2.45) is 5.73 Å². The zero-order valence-electron chi connectivity index (χ0n) is 10.7. The molecule has 1 aromatic carbocycles. The highest BCUT2D eigenvalue weighted by Gasteiger charge is 2.08. The molecule has 0 aliphatic heterocycles. The van der Waals surface area contributed by atoms with Gasteiger partial charge < -0.3 is 15.4 Å². The van der Waals surface area contributed by atoms with Crippen molar-refractivity contribution in [1.29, 1.82) is 0 Å². The molecule has 0 spiro atoms. The van der Waals surface area contributed by atoms with Crippen LogP contribution in [0.2, 0.25) is 0 Å². The Bertz CT molecular complexity index is 333. The molecule has 0 aliphatic carbocycles. The van der Waals surface area contributed by atoms with Crippen LogP contribution in [-0.4, -0.2) is 31.1 Å². The van der Waals surface area contributed by atoms with Gasteiger partial charge in [-0.25, -0.2) is 4.79 Å². The number of amides is 1. The van der Waals surface area contributed by atoms with Gasteiger partial charge >= 0.3 is 6.09 Å². The SMILES string of the molecule is CN(CCCCN)C(=O)OCc1ccccc1.Cl. The van der Waals surface area contributed by atoms with Gasteiger partial charge in [0.15, 0.2) is 0 Å². The van der Waals surface area contributed by atoms with Gasteiger partial charge in [0.1, 0.15) is 6.61 Å². The van der Waals surface area contributed by atoms with Crippen LogP contribution >= 0.6 is 12.4 Å². The molecule has 102 valence electrons. The summed E-state index contributed by atoms with van der Waals surface area (Å²) in [6.45, 7) is 1.67. The number of carbonyl (C=O) groups excluding carboxylic acids is 1. The average molecular weight is 273 g/mol. The highest BCUT2D eigenvalue weighted by Crippen LogP contribution is 2.03. The second-order valence-corrected chi connectivity index (χ2v) is 3.96. The molecule has 18 heavy (non-hydrogen) atoms. The first-order chi connectivity index (χ1) is 8.24. The Kier molecular flexibility index (Phi) is 9.06. The molecule has 0 aliphatic rings. The zero-order valence-corrected chi connectivity index (χ0v) is 11.5. The van der Waals surface area contributed by atoms with Crippen LogP contribution < -0.4 is 5.73 Å². The van der Waals surface area contributed by atoms with Crippen molar-refractivity contribution in [2.45, 2.75) is 19.4 Å². The van der Waals surface area contributed by atoms with Crippen LogP contribution in [0.3, 0.4) is 0 Å². The fourth-order valence-corrected chi connectivity index (χ4v) is 1.41. The summed E-state index contributed by atoms with van der Waals surface area (Å²) in [7, 11) is 1.74. The van der Waals surface area contributed by atoms with Gasteiger partial charge in [0.05, 0.1) is 0 Å². The normalized spacial score (nSPS) is 9.44. The van der Waals surface area contributed by atoms with Crippen LogP contribution in [-0.2, 0) is 11.3 Å². The lowest BCUT2D eigenvalue weighted by Crippen LogP contribution is -2.28. The van der Waals surface area contributed by atoms with Gasteiger partial charge in [-0.05, 0) is 24.9 Å². The Morgan fingerprint density at radius 2 is 1.94 bits per heavy atom. The lowest BCUT2D eigenvalue weighted by atomic mass is 10.2. The van der Waals surface area contributed by atoms with E-state index in [0.29, 0.717) is 19.7 Å². The first kappa shape index (κ1) is 16.7. The van der Waals surface area contributed by atoms with Crippen LogP contribution in [0.5, 0.6) is 0 Å². The van der Waals surface area contributed by atoms with Gasteiger partial charge in [-0.2, -0.15) is 0 Å². The Hall–Kier alpha value is -1.26. The third-order valence-electron chi connectivity index (χ3n) is 2.46. The molecule has 0 saturated carbocycles. The van der Waals surface area contributed by atoms with Crippen molar-refractivity contribution >= 4 is 18.5 Å². The maximum absolute atomic E-state index is 11.6. The van der Waals surface area contributed by atoms with Gasteiger partial charge in [-0.1, -0.05) is 30.3 Å². The average Bonchev–Trinajstić information content (AvgIpc) is 2.37. The van der Waals surface area contributed by atoms with Crippen LogP contribution in [0.1, 0.15) is 18.4 Å². The minimum absolute atomic E-state index is 0. The van der Waals surface area contributed by atoms with Gasteiger partial charge in [-0.3, -0.25) is 0 Å². The Labute approximate surface area is 115 Å². The van der Waals surface area contributed by atoms with E-state index in [1.165, 1.54) is 0 Å². The smallest absolute Gasteiger partial charge is 0.409 e. The van der Waals surface area contributed by atoms with Crippen molar-refractivity contribution in [2.75, 3.05) is 20.1 Å². The van der Waals surface area contributed by atoms with Crippen molar-refractivity contribution < 1.29 is 9.53 Å². The molecule has 0 atom stereocenters. The summed E-state index contributed by atoms with van der Waals surface area (Å²) in [5.74, 6) is 0. The number of halogens is 1. The van der Waals surface area contributed by atoms with E-state index in [1.54, 1.807) is 11.9 Å². The van der Waals surface area contributed by atoms with E-state index in [-0.39, 0.29) is 18.5 Å². The lowest BCUT2D eigenvalue weighted by molar-refractivity contribution is 0.104. The lowest BCUT2D eigenvalue weighted by Gasteiger charge is -2.16. The molecule has 0 saturated heterocycles. The van der Waals surface area contributed by atoms with E-state index in [2.05, 4.69) is 0 Å². The molecule has 5 heteroatoms. The maximum Gasteiger partial charge on any atom is 0.409 e. The number of rotatable bonds is 6. The van der Waals surface area contributed by atoms with Gasteiger partial charge in [0.25, 0.3) is 0 Å². The van der Waals surface area contributed by atoms with E-state index in [4.69, 9.17) is 10.5 Å². The molecule has 1 amide bonds. The molecule has 0 heterocycles. The van der Waals surface area contributed by atoms with Crippen molar-refractivity contribution in [3.8, 4) is 0 Å². The Balaban J connectivity index is 0.00000289. The second-order valence-electron chi connectivity index (χ2n) is 3.96. The molecule has 2 N–H and O–H groups in total. The molecule has 0 aromatic heterocycles. The summed E-state index contributed by atoms with van der Waals surface area (Å²) in [5.41, 5.74) is 6.39. The number of ether oxygens (including phenoxy) is 1. The number of carbonyl (C=O) groups is 1. The highest BCUT2D eigenvalue weighted by molar-refractivity contribution is 5.85. The fourth-order valence-electron chi connectivity index (χ4n) is 1.41. The van der Waals surface area contributed by atoms with E-state index >= 15 is 0 Å². The van der Waals surface area contributed by atoms with Gasteiger partial charge in [-0.15, -0.1) is 12.4 Å². The molecule has 0 unspecified atom stereocenters. The molecule has 0 bridgehead atoms. The van der Waals surface area contributed by atoms with Crippen molar-refractivity contribution in [3.05, 3.63) is 35.9 Å². The third-order valence-corrected chi connectivity index (χ3v) is 2.46. The summed E-state index contributed by atoms with van der Waals surface area (Å²) in [6.07, 6.45) is 1.55. The van der Waals surface area contributed by atoms with E-state index in [0.717, 1.165) is 18.4 Å². The van der Waals surface area contributed by atoms with Crippen molar-refractivity contribution in [1.82, 2.24) is 4.90 Å². The Morgan fingerprint density at radius 3 is 2.56 bits per heavy atom.